The number of carbonyl (C=O) groups excluding carboxylic acids is 1. The molecule has 3 aromatic carbocycles. The number of hydrogen-bond donors (Lipinski definition) is 1. The molecule has 33 heavy (non-hydrogen) atoms. The Morgan fingerprint density at radius 3 is 2.39 bits per heavy atom. The monoisotopic (exact) mass is 506 g/mol. The number of rotatable bonds is 9. The van der Waals surface area contributed by atoms with Crippen LogP contribution in [-0.2, 0) is 11.4 Å². The first-order chi connectivity index (χ1) is 16.0. The molecule has 0 spiro atoms. The quantitative estimate of drug-likeness (QED) is 0.285. The third-order valence-electron chi connectivity index (χ3n) is 4.59. The Morgan fingerprint density at radius 1 is 1.03 bits per heavy atom. The van der Waals surface area contributed by atoms with E-state index in [1.54, 1.807) is 42.5 Å². The van der Waals surface area contributed by atoms with E-state index < -0.39 is 5.91 Å². The first-order valence-corrected chi connectivity index (χ1v) is 11.0. The van der Waals surface area contributed by atoms with Gasteiger partial charge in [-0.1, -0.05) is 34.1 Å². The lowest BCUT2D eigenvalue weighted by Gasteiger charge is -2.10. The highest BCUT2D eigenvalue weighted by atomic mass is 79.9. The molecule has 0 aliphatic rings. The van der Waals surface area contributed by atoms with Crippen LogP contribution in [0.4, 0.5) is 5.69 Å². The van der Waals surface area contributed by atoms with Crippen LogP contribution in [0.1, 0.15) is 18.1 Å². The molecule has 0 fully saturated rings. The summed E-state index contributed by atoms with van der Waals surface area (Å²) in [6.07, 6.45) is 1.50. The molecule has 168 valence electrons. The van der Waals surface area contributed by atoms with Crippen LogP contribution in [-0.4, -0.2) is 19.6 Å². The zero-order valence-electron chi connectivity index (χ0n) is 18.3. The number of ether oxygens (including phenoxy) is 3. The molecule has 3 rings (SSSR count). The van der Waals surface area contributed by atoms with Gasteiger partial charge in [0.1, 0.15) is 24.0 Å². The lowest BCUT2D eigenvalue weighted by molar-refractivity contribution is -0.112. The number of nitrogens with one attached hydrogen (secondary N) is 1. The number of halogens is 1. The third kappa shape index (κ3) is 6.86. The van der Waals surface area contributed by atoms with E-state index in [4.69, 9.17) is 14.2 Å². The fraction of sp³-hybridized carbons (Fsp3) is 0.154. The lowest BCUT2D eigenvalue weighted by atomic mass is 10.1. The molecule has 0 heterocycles. The Morgan fingerprint density at radius 2 is 1.76 bits per heavy atom. The summed E-state index contributed by atoms with van der Waals surface area (Å²) < 4.78 is 17.6. The molecule has 0 atom stereocenters. The Bertz CT molecular complexity index is 1170. The van der Waals surface area contributed by atoms with Crippen molar-refractivity contribution in [2.45, 2.75) is 13.5 Å². The van der Waals surface area contributed by atoms with Crippen molar-refractivity contribution in [3.8, 4) is 23.3 Å². The van der Waals surface area contributed by atoms with Gasteiger partial charge in [-0.3, -0.25) is 4.79 Å². The molecule has 1 amide bonds. The van der Waals surface area contributed by atoms with E-state index in [0.717, 1.165) is 10.0 Å². The van der Waals surface area contributed by atoms with Crippen LogP contribution in [0.3, 0.4) is 0 Å². The largest absolute Gasteiger partial charge is 0.493 e. The SMILES string of the molecule is CCOc1ccc(/C=C(\C#N)C(=O)Nc2ccc(OCc3ccc(Br)cc3)cc2)cc1OC. The minimum atomic E-state index is -0.506. The maximum Gasteiger partial charge on any atom is 0.266 e. The number of methoxy groups -OCH3 is 1. The van der Waals surface area contributed by atoms with Crippen molar-refractivity contribution < 1.29 is 19.0 Å². The molecule has 0 bridgehead atoms. The number of nitriles is 1. The van der Waals surface area contributed by atoms with Crippen molar-refractivity contribution in [1.82, 2.24) is 0 Å². The van der Waals surface area contributed by atoms with Crippen LogP contribution in [0.25, 0.3) is 6.08 Å². The lowest BCUT2D eigenvalue weighted by Crippen LogP contribution is -2.13. The first-order valence-electron chi connectivity index (χ1n) is 10.2. The number of anilines is 1. The molecule has 0 radical (unpaired) electrons. The summed E-state index contributed by atoms with van der Waals surface area (Å²) in [5, 5.41) is 12.2. The standard InChI is InChI=1S/C26H23BrN2O4/c1-3-32-24-13-6-19(15-25(24)31-2)14-20(16-28)26(30)29-22-9-11-23(12-10-22)33-17-18-4-7-21(27)8-5-18/h4-15H,3,17H2,1-2H3,(H,29,30)/b20-14+. The number of carbonyl (C=O) groups is 1. The Labute approximate surface area is 201 Å². The summed E-state index contributed by atoms with van der Waals surface area (Å²) in [5.74, 6) is 1.30. The molecule has 0 aliphatic carbocycles. The van der Waals surface area contributed by atoms with E-state index in [2.05, 4.69) is 21.2 Å². The highest BCUT2D eigenvalue weighted by molar-refractivity contribution is 9.10. The van der Waals surface area contributed by atoms with Crippen LogP contribution in [0.15, 0.2) is 76.8 Å². The van der Waals surface area contributed by atoms with Gasteiger partial charge in [-0.25, -0.2) is 0 Å². The summed E-state index contributed by atoms with van der Waals surface area (Å²) in [6, 6.07) is 22.0. The van der Waals surface area contributed by atoms with Gasteiger partial charge in [0.25, 0.3) is 5.91 Å². The molecule has 0 saturated heterocycles. The van der Waals surface area contributed by atoms with E-state index in [9.17, 15) is 10.1 Å². The maximum absolute atomic E-state index is 12.6. The van der Waals surface area contributed by atoms with Gasteiger partial charge < -0.3 is 19.5 Å². The van der Waals surface area contributed by atoms with Crippen LogP contribution in [0.5, 0.6) is 17.2 Å². The summed E-state index contributed by atoms with van der Waals surface area (Å²) >= 11 is 3.41. The minimum Gasteiger partial charge on any atom is -0.493 e. The molecule has 0 aromatic heterocycles. The number of benzene rings is 3. The Kier molecular flexibility index (Phi) is 8.50. The van der Waals surface area contributed by atoms with Crippen LogP contribution in [0, 0.1) is 11.3 Å². The van der Waals surface area contributed by atoms with Crippen molar-refractivity contribution in [2.75, 3.05) is 19.0 Å². The van der Waals surface area contributed by atoms with E-state index in [1.165, 1.54) is 13.2 Å². The first kappa shape index (κ1) is 23.9. The van der Waals surface area contributed by atoms with Crippen molar-refractivity contribution in [3.63, 3.8) is 0 Å². The maximum atomic E-state index is 12.6. The highest BCUT2D eigenvalue weighted by Crippen LogP contribution is 2.29. The average Bonchev–Trinajstić information content (AvgIpc) is 2.84. The van der Waals surface area contributed by atoms with Gasteiger partial charge in [-0.15, -0.1) is 0 Å². The van der Waals surface area contributed by atoms with E-state index in [-0.39, 0.29) is 5.57 Å². The Hall–Kier alpha value is -3.76. The molecule has 3 aromatic rings. The number of hydrogen-bond acceptors (Lipinski definition) is 5. The summed E-state index contributed by atoms with van der Waals surface area (Å²) in [6.45, 7) is 2.82. The highest BCUT2D eigenvalue weighted by Gasteiger charge is 2.11. The fourth-order valence-electron chi connectivity index (χ4n) is 2.94. The Balaban J connectivity index is 1.64. The van der Waals surface area contributed by atoms with E-state index in [1.807, 2.05) is 37.3 Å². The second-order valence-corrected chi connectivity index (χ2v) is 7.82. The van der Waals surface area contributed by atoms with Gasteiger partial charge in [-0.05, 0) is 72.7 Å². The zero-order valence-corrected chi connectivity index (χ0v) is 19.9. The van der Waals surface area contributed by atoms with Gasteiger partial charge >= 0.3 is 0 Å². The summed E-state index contributed by atoms with van der Waals surface area (Å²) in [5.41, 5.74) is 2.22. The van der Waals surface area contributed by atoms with Gasteiger partial charge in [0.05, 0.1) is 13.7 Å². The van der Waals surface area contributed by atoms with Crippen LogP contribution in [0.2, 0.25) is 0 Å². The molecule has 7 heteroatoms. The van der Waals surface area contributed by atoms with Crippen LogP contribution >= 0.6 is 15.9 Å². The number of amides is 1. The molecule has 0 aliphatic heterocycles. The molecule has 0 saturated carbocycles. The third-order valence-corrected chi connectivity index (χ3v) is 5.12. The minimum absolute atomic E-state index is 0.0308. The second kappa shape index (κ2) is 11.7. The smallest absolute Gasteiger partial charge is 0.266 e. The zero-order chi connectivity index (χ0) is 23.6. The average molecular weight is 507 g/mol. The predicted octanol–water partition coefficient (Wildman–Crippen LogP) is 5.98. The summed E-state index contributed by atoms with van der Waals surface area (Å²) in [7, 11) is 1.54. The summed E-state index contributed by atoms with van der Waals surface area (Å²) in [4.78, 5) is 12.6. The van der Waals surface area contributed by atoms with E-state index in [0.29, 0.717) is 41.7 Å². The molecule has 0 unspecified atom stereocenters. The fourth-order valence-corrected chi connectivity index (χ4v) is 3.21. The van der Waals surface area contributed by atoms with Crippen LogP contribution < -0.4 is 19.5 Å². The van der Waals surface area contributed by atoms with Crippen molar-refractivity contribution in [1.29, 1.82) is 5.26 Å². The number of nitrogens with zero attached hydrogens (tertiary/aromatic N) is 1. The van der Waals surface area contributed by atoms with Crippen molar-refractivity contribution in [3.05, 3.63) is 87.9 Å². The molecular weight excluding hydrogens is 484 g/mol. The van der Waals surface area contributed by atoms with Gasteiger partial charge in [0.2, 0.25) is 0 Å². The van der Waals surface area contributed by atoms with Crippen molar-refractivity contribution in [2.24, 2.45) is 0 Å². The second-order valence-electron chi connectivity index (χ2n) is 6.91. The van der Waals surface area contributed by atoms with E-state index >= 15 is 0 Å². The molecular formula is C26H23BrN2O4. The topological polar surface area (TPSA) is 80.6 Å². The predicted molar refractivity (Wildman–Crippen MR) is 131 cm³/mol. The van der Waals surface area contributed by atoms with Gasteiger partial charge in [0, 0.05) is 10.2 Å². The van der Waals surface area contributed by atoms with Gasteiger partial charge in [0.15, 0.2) is 11.5 Å². The normalized spacial score (nSPS) is 10.8. The van der Waals surface area contributed by atoms with Gasteiger partial charge in [-0.2, -0.15) is 5.26 Å². The molecule has 6 nitrogen and oxygen atoms in total. The van der Waals surface area contributed by atoms with Crippen molar-refractivity contribution >= 4 is 33.6 Å². The molecule has 1 N–H and O–H groups in total.